The SMILES string of the molecule is CC(C(=O)CC1CCCC1)C(N)c1ccccc1. The third-order valence-corrected chi connectivity index (χ3v) is 4.20. The van der Waals surface area contributed by atoms with E-state index in [0.717, 1.165) is 12.0 Å². The lowest BCUT2D eigenvalue weighted by Gasteiger charge is -2.20. The molecular formula is C16H23NO. The van der Waals surface area contributed by atoms with Crippen LogP contribution in [0.5, 0.6) is 0 Å². The summed E-state index contributed by atoms with van der Waals surface area (Å²) < 4.78 is 0. The fraction of sp³-hybridized carbons (Fsp3) is 0.562. The van der Waals surface area contributed by atoms with E-state index in [1.165, 1.54) is 25.7 Å². The molecule has 0 aromatic heterocycles. The fourth-order valence-corrected chi connectivity index (χ4v) is 2.85. The van der Waals surface area contributed by atoms with Gasteiger partial charge in [0.1, 0.15) is 5.78 Å². The van der Waals surface area contributed by atoms with E-state index in [9.17, 15) is 4.79 Å². The van der Waals surface area contributed by atoms with Crippen LogP contribution >= 0.6 is 0 Å². The van der Waals surface area contributed by atoms with Gasteiger partial charge in [-0.25, -0.2) is 0 Å². The van der Waals surface area contributed by atoms with Gasteiger partial charge in [0.05, 0.1) is 0 Å². The van der Waals surface area contributed by atoms with E-state index in [4.69, 9.17) is 5.73 Å². The van der Waals surface area contributed by atoms with Crippen molar-refractivity contribution in [2.75, 3.05) is 0 Å². The van der Waals surface area contributed by atoms with E-state index < -0.39 is 0 Å². The third-order valence-electron chi connectivity index (χ3n) is 4.20. The minimum absolute atomic E-state index is 0.0759. The summed E-state index contributed by atoms with van der Waals surface area (Å²) in [6.07, 6.45) is 5.74. The van der Waals surface area contributed by atoms with E-state index in [0.29, 0.717) is 11.7 Å². The van der Waals surface area contributed by atoms with Gasteiger partial charge in [0, 0.05) is 18.4 Å². The van der Waals surface area contributed by atoms with Gasteiger partial charge in [0.2, 0.25) is 0 Å². The lowest BCUT2D eigenvalue weighted by molar-refractivity contribution is -0.123. The number of Topliss-reactive ketones (excluding diaryl/α,β-unsaturated/α-hetero) is 1. The summed E-state index contributed by atoms with van der Waals surface area (Å²) >= 11 is 0. The summed E-state index contributed by atoms with van der Waals surface area (Å²) in [7, 11) is 0. The Morgan fingerprint density at radius 2 is 1.89 bits per heavy atom. The monoisotopic (exact) mass is 245 g/mol. The molecule has 0 spiro atoms. The van der Waals surface area contributed by atoms with Gasteiger partial charge < -0.3 is 5.73 Å². The van der Waals surface area contributed by atoms with Crippen molar-refractivity contribution < 1.29 is 4.79 Å². The average molecular weight is 245 g/mol. The van der Waals surface area contributed by atoms with Gasteiger partial charge in [-0.2, -0.15) is 0 Å². The number of nitrogens with two attached hydrogens (primary N) is 1. The molecule has 2 unspecified atom stereocenters. The largest absolute Gasteiger partial charge is 0.323 e. The van der Waals surface area contributed by atoms with Crippen LogP contribution in [0, 0.1) is 11.8 Å². The van der Waals surface area contributed by atoms with Crippen LogP contribution in [-0.2, 0) is 4.79 Å². The molecule has 1 aromatic rings. The Balaban J connectivity index is 1.93. The van der Waals surface area contributed by atoms with Crippen molar-refractivity contribution in [1.82, 2.24) is 0 Å². The zero-order valence-electron chi connectivity index (χ0n) is 11.1. The highest BCUT2D eigenvalue weighted by Crippen LogP contribution is 2.30. The maximum atomic E-state index is 12.2. The molecule has 0 aliphatic heterocycles. The zero-order valence-corrected chi connectivity index (χ0v) is 11.1. The molecule has 2 N–H and O–H groups in total. The lowest BCUT2D eigenvalue weighted by Crippen LogP contribution is -2.27. The van der Waals surface area contributed by atoms with Gasteiger partial charge >= 0.3 is 0 Å². The molecule has 0 radical (unpaired) electrons. The van der Waals surface area contributed by atoms with Crippen LogP contribution in [0.3, 0.4) is 0 Å². The molecule has 98 valence electrons. The lowest BCUT2D eigenvalue weighted by atomic mass is 9.87. The van der Waals surface area contributed by atoms with Gasteiger partial charge in [0.25, 0.3) is 0 Å². The average Bonchev–Trinajstić information content (AvgIpc) is 2.91. The summed E-state index contributed by atoms with van der Waals surface area (Å²) in [5.74, 6) is 0.870. The molecule has 1 aromatic carbocycles. The number of hydrogen-bond donors (Lipinski definition) is 1. The highest BCUT2D eigenvalue weighted by molar-refractivity contribution is 5.81. The van der Waals surface area contributed by atoms with Crippen molar-refractivity contribution >= 4 is 5.78 Å². The standard InChI is InChI=1S/C16H23NO/c1-12(15(18)11-13-7-5-6-8-13)16(17)14-9-3-2-4-10-14/h2-4,9-10,12-13,16H,5-8,11,17H2,1H3. The van der Waals surface area contributed by atoms with Crippen molar-refractivity contribution in [3.63, 3.8) is 0 Å². The van der Waals surface area contributed by atoms with Gasteiger partial charge in [-0.05, 0) is 11.5 Å². The Morgan fingerprint density at radius 1 is 1.28 bits per heavy atom. The molecule has 2 nitrogen and oxygen atoms in total. The first-order chi connectivity index (χ1) is 8.68. The highest BCUT2D eigenvalue weighted by Gasteiger charge is 2.25. The first kappa shape index (κ1) is 13.3. The van der Waals surface area contributed by atoms with Crippen molar-refractivity contribution in [3.8, 4) is 0 Å². The van der Waals surface area contributed by atoms with Crippen LogP contribution in [-0.4, -0.2) is 5.78 Å². The Kier molecular flexibility index (Phi) is 4.54. The summed E-state index contributed by atoms with van der Waals surface area (Å²) in [6, 6.07) is 9.77. The Hall–Kier alpha value is -1.15. The van der Waals surface area contributed by atoms with Crippen LogP contribution in [0.15, 0.2) is 30.3 Å². The van der Waals surface area contributed by atoms with E-state index in [1.54, 1.807) is 0 Å². The van der Waals surface area contributed by atoms with Gasteiger partial charge in [-0.15, -0.1) is 0 Å². The highest BCUT2D eigenvalue weighted by atomic mass is 16.1. The Morgan fingerprint density at radius 3 is 2.50 bits per heavy atom. The molecular weight excluding hydrogens is 222 g/mol. The number of hydrogen-bond acceptors (Lipinski definition) is 2. The molecule has 2 heteroatoms. The summed E-state index contributed by atoms with van der Waals surface area (Å²) in [5, 5.41) is 0. The fourth-order valence-electron chi connectivity index (χ4n) is 2.85. The summed E-state index contributed by atoms with van der Waals surface area (Å²) in [5.41, 5.74) is 7.25. The third kappa shape index (κ3) is 3.20. The van der Waals surface area contributed by atoms with E-state index in [1.807, 2.05) is 37.3 Å². The molecule has 2 atom stereocenters. The van der Waals surface area contributed by atoms with Crippen LogP contribution < -0.4 is 5.73 Å². The molecule has 0 bridgehead atoms. The number of benzene rings is 1. The topological polar surface area (TPSA) is 43.1 Å². The number of carbonyl (C=O) groups excluding carboxylic acids is 1. The zero-order chi connectivity index (χ0) is 13.0. The molecule has 0 amide bonds. The number of carbonyl (C=O) groups is 1. The summed E-state index contributed by atoms with van der Waals surface area (Å²) in [6.45, 7) is 1.97. The second-order valence-corrected chi connectivity index (χ2v) is 5.55. The van der Waals surface area contributed by atoms with Crippen LogP contribution in [0.4, 0.5) is 0 Å². The Labute approximate surface area is 110 Å². The molecule has 0 heterocycles. The van der Waals surface area contributed by atoms with Crippen molar-refractivity contribution in [2.45, 2.75) is 45.1 Å². The number of ketones is 1. The molecule has 1 aliphatic rings. The quantitative estimate of drug-likeness (QED) is 0.863. The minimum atomic E-state index is -0.167. The van der Waals surface area contributed by atoms with E-state index in [2.05, 4.69) is 0 Å². The predicted octanol–water partition coefficient (Wildman–Crippen LogP) is 3.47. The molecule has 18 heavy (non-hydrogen) atoms. The summed E-state index contributed by atoms with van der Waals surface area (Å²) in [4.78, 5) is 12.2. The second kappa shape index (κ2) is 6.14. The van der Waals surface area contributed by atoms with E-state index in [-0.39, 0.29) is 12.0 Å². The maximum Gasteiger partial charge on any atom is 0.137 e. The molecule has 1 aliphatic carbocycles. The predicted molar refractivity (Wildman–Crippen MR) is 74.1 cm³/mol. The molecule has 1 saturated carbocycles. The minimum Gasteiger partial charge on any atom is -0.323 e. The Bertz CT molecular complexity index is 381. The first-order valence-corrected chi connectivity index (χ1v) is 7.01. The molecule has 2 rings (SSSR count). The van der Waals surface area contributed by atoms with Gasteiger partial charge in [-0.3, -0.25) is 4.79 Å². The van der Waals surface area contributed by atoms with Crippen molar-refractivity contribution in [1.29, 1.82) is 0 Å². The van der Waals surface area contributed by atoms with Crippen LogP contribution in [0.1, 0.15) is 50.6 Å². The van der Waals surface area contributed by atoms with Crippen LogP contribution in [0.25, 0.3) is 0 Å². The normalized spacial score (nSPS) is 19.7. The van der Waals surface area contributed by atoms with Gasteiger partial charge in [0.15, 0.2) is 0 Å². The smallest absolute Gasteiger partial charge is 0.137 e. The van der Waals surface area contributed by atoms with E-state index >= 15 is 0 Å². The van der Waals surface area contributed by atoms with Crippen molar-refractivity contribution in [3.05, 3.63) is 35.9 Å². The van der Waals surface area contributed by atoms with Crippen molar-refractivity contribution in [2.24, 2.45) is 17.6 Å². The molecule has 0 saturated heterocycles. The maximum absolute atomic E-state index is 12.2. The van der Waals surface area contributed by atoms with Gasteiger partial charge in [-0.1, -0.05) is 62.9 Å². The molecule has 1 fully saturated rings. The number of rotatable bonds is 5. The first-order valence-electron chi connectivity index (χ1n) is 7.01. The van der Waals surface area contributed by atoms with Crippen LogP contribution in [0.2, 0.25) is 0 Å². The second-order valence-electron chi connectivity index (χ2n) is 5.55.